The van der Waals surface area contributed by atoms with Crippen molar-refractivity contribution in [1.29, 1.82) is 0 Å². The average molecular weight is 351 g/mol. The molecular formula is C18H23ClN2O3. The predicted molar refractivity (Wildman–Crippen MR) is 94.6 cm³/mol. The van der Waals surface area contributed by atoms with Crippen LogP contribution in [0.3, 0.4) is 0 Å². The van der Waals surface area contributed by atoms with Crippen LogP contribution < -0.4 is 5.32 Å². The van der Waals surface area contributed by atoms with Gasteiger partial charge in [-0.15, -0.1) is 0 Å². The van der Waals surface area contributed by atoms with Gasteiger partial charge in [-0.05, 0) is 38.3 Å². The predicted octanol–water partition coefficient (Wildman–Crippen LogP) is 2.97. The highest BCUT2D eigenvalue weighted by atomic mass is 35.5. The summed E-state index contributed by atoms with van der Waals surface area (Å²) in [6.07, 6.45) is 5.21. The smallest absolute Gasteiger partial charge is 0.340 e. The molecular weight excluding hydrogens is 328 g/mol. The highest BCUT2D eigenvalue weighted by molar-refractivity contribution is 6.35. The van der Waals surface area contributed by atoms with Crippen LogP contribution in [0.4, 0.5) is 0 Å². The van der Waals surface area contributed by atoms with Crippen LogP contribution in [0, 0.1) is 0 Å². The van der Waals surface area contributed by atoms with Gasteiger partial charge < -0.3 is 19.7 Å². The quantitative estimate of drug-likeness (QED) is 0.814. The van der Waals surface area contributed by atoms with Gasteiger partial charge >= 0.3 is 5.97 Å². The molecule has 24 heavy (non-hydrogen) atoms. The highest BCUT2D eigenvalue weighted by Gasteiger charge is 2.22. The van der Waals surface area contributed by atoms with Gasteiger partial charge in [0.2, 0.25) is 0 Å². The lowest BCUT2D eigenvalue weighted by atomic mass is 9.97. The van der Waals surface area contributed by atoms with Crippen molar-refractivity contribution in [1.82, 2.24) is 9.88 Å². The molecule has 6 heteroatoms. The summed E-state index contributed by atoms with van der Waals surface area (Å²) in [6, 6.07) is 5.70. The molecule has 3 rings (SSSR count). The van der Waals surface area contributed by atoms with Gasteiger partial charge in [-0.25, -0.2) is 4.79 Å². The van der Waals surface area contributed by atoms with Gasteiger partial charge in [0.15, 0.2) is 0 Å². The number of nitrogens with zero attached hydrogens (tertiary/aromatic N) is 1. The third-order valence-corrected chi connectivity index (χ3v) is 5.02. The Morgan fingerprint density at radius 2 is 2.33 bits per heavy atom. The van der Waals surface area contributed by atoms with E-state index in [-0.39, 0.29) is 18.1 Å². The zero-order valence-corrected chi connectivity index (χ0v) is 14.6. The van der Waals surface area contributed by atoms with Crippen LogP contribution in [0.1, 0.15) is 36.0 Å². The van der Waals surface area contributed by atoms with E-state index < -0.39 is 0 Å². The molecule has 0 bridgehead atoms. The second-order valence-corrected chi connectivity index (χ2v) is 6.68. The molecule has 1 aliphatic rings. The maximum atomic E-state index is 12.0. The van der Waals surface area contributed by atoms with Crippen molar-refractivity contribution >= 4 is 28.5 Å². The normalized spacial score (nSPS) is 21.1. The summed E-state index contributed by atoms with van der Waals surface area (Å²) in [5, 5.41) is 14.8. The summed E-state index contributed by atoms with van der Waals surface area (Å²) in [7, 11) is 1.38. The van der Waals surface area contributed by atoms with Gasteiger partial charge in [0.25, 0.3) is 0 Å². The first-order valence-corrected chi connectivity index (χ1v) is 8.76. The van der Waals surface area contributed by atoms with E-state index in [0.29, 0.717) is 10.6 Å². The zero-order valence-electron chi connectivity index (χ0n) is 13.8. The first kappa shape index (κ1) is 17.3. The number of aliphatic hydroxyl groups excluding tert-OH is 1. The number of methoxy groups -OCH3 is 1. The summed E-state index contributed by atoms with van der Waals surface area (Å²) in [6.45, 7) is 1.70. The van der Waals surface area contributed by atoms with Crippen LogP contribution in [0.2, 0.25) is 5.02 Å². The van der Waals surface area contributed by atoms with Crippen LogP contribution in [0.25, 0.3) is 10.9 Å². The number of fused-ring (bicyclic) bond motifs is 1. The van der Waals surface area contributed by atoms with E-state index in [1.807, 2.05) is 29.0 Å². The molecule has 0 saturated carbocycles. The number of hydrogen-bond acceptors (Lipinski definition) is 4. The lowest BCUT2D eigenvalue weighted by molar-refractivity contribution is 0.0602. The van der Waals surface area contributed by atoms with Crippen molar-refractivity contribution in [3.63, 3.8) is 0 Å². The molecule has 0 aliphatic carbocycles. The van der Waals surface area contributed by atoms with Crippen molar-refractivity contribution in [3.8, 4) is 0 Å². The van der Waals surface area contributed by atoms with E-state index in [2.05, 4.69) is 5.32 Å². The van der Waals surface area contributed by atoms with E-state index in [9.17, 15) is 9.90 Å². The van der Waals surface area contributed by atoms with Crippen LogP contribution in [-0.2, 0) is 11.3 Å². The molecule has 1 saturated heterocycles. The zero-order chi connectivity index (χ0) is 17.1. The largest absolute Gasteiger partial charge is 0.465 e. The second-order valence-electron chi connectivity index (χ2n) is 6.28. The topological polar surface area (TPSA) is 63.5 Å². The van der Waals surface area contributed by atoms with Gasteiger partial charge in [0.1, 0.15) is 0 Å². The molecule has 0 spiro atoms. The van der Waals surface area contributed by atoms with E-state index in [4.69, 9.17) is 16.3 Å². The van der Waals surface area contributed by atoms with E-state index in [1.54, 1.807) is 0 Å². The maximum absolute atomic E-state index is 12.0. The van der Waals surface area contributed by atoms with Gasteiger partial charge in [-0.1, -0.05) is 23.7 Å². The van der Waals surface area contributed by atoms with Gasteiger partial charge in [-0.3, -0.25) is 0 Å². The molecule has 2 heterocycles. The minimum absolute atomic E-state index is 0.149. The number of benzene rings is 1. The molecule has 1 aromatic carbocycles. The molecule has 0 amide bonds. The maximum Gasteiger partial charge on any atom is 0.340 e. The number of halogens is 1. The third-order valence-electron chi connectivity index (χ3n) is 4.72. The summed E-state index contributed by atoms with van der Waals surface area (Å²) < 4.78 is 6.89. The van der Waals surface area contributed by atoms with E-state index >= 15 is 0 Å². The Morgan fingerprint density at radius 1 is 1.50 bits per heavy atom. The Morgan fingerprint density at radius 3 is 3.08 bits per heavy atom. The van der Waals surface area contributed by atoms with Crippen LogP contribution in [0.15, 0.2) is 24.4 Å². The van der Waals surface area contributed by atoms with Crippen LogP contribution >= 0.6 is 11.6 Å². The van der Waals surface area contributed by atoms with Gasteiger partial charge in [0.05, 0.1) is 29.3 Å². The summed E-state index contributed by atoms with van der Waals surface area (Å²) in [4.78, 5) is 12.0. The summed E-state index contributed by atoms with van der Waals surface area (Å²) in [5.41, 5.74) is 1.39. The molecule has 2 N–H and O–H groups in total. The van der Waals surface area contributed by atoms with Crippen molar-refractivity contribution in [3.05, 3.63) is 35.0 Å². The number of carbonyl (C=O) groups is 1. The first-order valence-electron chi connectivity index (χ1n) is 8.39. The molecule has 0 radical (unpaired) electrons. The molecule has 2 aromatic rings. The summed E-state index contributed by atoms with van der Waals surface area (Å²) in [5.74, 6) is -0.356. The fraction of sp³-hybridized carbons (Fsp3) is 0.500. The second kappa shape index (κ2) is 7.55. The molecule has 130 valence electrons. The highest BCUT2D eigenvalue weighted by Crippen LogP contribution is 2.29. The fourth-order valence-corrected chi connectivity index (χ4v) is 3.76. The minimum atomic E-state index is -0.356. The molecule has 1 aromatic heterocycles. The molecule has 0 unspecified atom stereocenters. The van der Waals surface area contributed by atoms with Crippen LogP contribution in [0.5, 0.6) is 0 Å². The summed E-state index contributed by atoms with van der Waals surface area (Å²) >= 11 is 6.35. The van der Waals surface area contributed by atoms with Crippen molar-refractivity contribution < 1.29 is 14.6 Å². The average Bonchev–Trinajstić information content (AvgIpc) is 2.96. The Balaban J connectivity index is 1.77. The minimum Gasteiger partial charge on any atom is -0.465 e. The van der Waals surface area contributed by atoms with E-state index in [1.165, 1.54) is 7.11 Å². The number of aliphatic hydroxyl groups is 1. The Kier molecular flexibility index (Phi) is 5.43. The number of nitrogens with one attached hydrogen (secondary N) is 1. The van der Waals surface area contributed by atoms with Crippen molar-refractivity contribution in [2.45, 2.75) is 44.4 Å². The first-order chi connectivity index (χ1) is 11.6. The molecule has 1 aliphatic heterocycles. The number of carbonyl (C=O) groups excluding carboxylic acids is 1. The molecule has 5 nitrogen and oxygen atoms in total. The lowest BCUT2D eigenvalue weighted by Gasteiger charge is -2.29. The van der Waals surface area contributed by atoms with Gasteiger partial charge in [-0.2, -0.15) is 0 Å². The number of hydrogen-bond donors (Lipinski definition) is 2. The van der Waals surface area contributed by atoms with Crippen LogP contribution in [-0.4, -0.2) is 41.4 Å². The lowest BCUT2D eigenvalue weighted by Crippen LogP contribution is -2.44. The van der Waals surface area contributed by atoms with E-state index in [0.717, 1.165) is 49.7 Å². The monoisotopic (exact) mass is 350 g/mol. The van der Waals surface area contributed by atoms with Gasteiger partial charge in [0, 0.05) is 24.2 Å². The van der Waals surface area contributed by atoms with Crippen molar-refractivity contribution in [2.24, 2.45) is 0 Å². The number of para-hydroxylation sites is 1. The number of esters is 1. The number of aromatic nitrogens is 1. The third kappa shape index (κ3) is 3.43. The Bertz CT molecular complexity index is 728. The Hall–Kier alpha value is -1.56. The molecule has 2 atom stereocenters. The number of aryl methyl sites for hydroxylation is 1. The number of piperidine rings is 1. The number of ether oxygens (including phenoxy) is 1. The van der Waals surface area contributed by atoms with Crippen molar-refractivity contribution in [2.75, 3.05) is 13.7 Å². The standard InChI is InChI=1S/C18H23ClN2O3/c1-24-18(23)13-11-21(17-12(13)5-2-6-14(17)19)10-4-7-15-16(22)8-3-9-20-15/h2,5-6,11,15-16,20,22H,3-4,7-10H2,1H3/t15-,16+/m1/s1. The number of rotatable bonds is 5. The molecule has 1 fully saturated rings. The SMILES string of the molecule is COC(=O)c1cn(CCC[C@H]2NCCC[C@@H]2O)c2c(Cl)cccc12. The fourth-order valence-electron chi connectivity index (χ4n) is 3.48. The Labute approximate surface area is 146 Å².